The van der Waals surface area contributed by atoms with Crippen molar-refractivity contribution in [2.75, 3.05) is 70.8 Å². The number of para-hydroxylation sites is 1. The zero-order chi connectivity index (χ0) is 35.2. The zero-order valence-electron chi connectivity index (χ0n) is 28.3. The number of hydrogen-bond acceptors (Lipinski definition) is 8. The van der Waals surface area contributed by atoms with Crippen LogP contribution in [0.1, 0.15) is 43.2 Å². The van der Waals surface area contributed by atoms with Crippen LogP contribution < -0.4 is 5.32 Å². The molecule has 1 unspecified atom stereocenters. The number of phenols is 1. The van der Waals surface area contributed by atoms with Crippen molar-refractivity contribution in [3.8, 4) is 5.75 Å². The van der Waals surface area contributed by atoms with Crippen LogP contribution in [0.2, 0.25) is 0 Å². The molecular formula is C36H47BrN6O7. The van der Waals surface area contributed by atoms with Crippen molar-refractivity contribution in [1.29, 1.82) is 0 Å². The van der Waals surface area contributed by atoms with Gasteiger partial charge in [0.15, 0.2) is 6.10 Å². The Bertz CT molecular complexity index is 1540. The van der Waals surface area contributed by atoms with Gasteiger partial charge in [0.1, 0.15) is 5.75 Å². The number of benzene rings is 2. The van der Waals surface area contributed by atoms with Gasteiger partial charge in [-0.05, 0) is 77.4 Å². The number of rotatable bonds is 9. The van der Waals surface area contributed by atoms with E-state index in [2.05, 4.69) is 31.0 Å². The number of halogens is 1. The van der Waals surface area contributed by atoms with E-state index in [1.54, 1.807) is 28.0 Å². The first-order valence-electron chi connectivity index (χ1n) is 17.7. The lowest BCUT2D eigenvalue weighted by atomic mass is 10.0. The summed E-state index contributed by atoms with van der Waals surface area (Å²) in [5.41, 5.74) is 2.70. The van der Waals surface area contributed by atoms with Crippen LogP contribution in [0.3, 0.4) is 0 Å². The van der Waals surface area contributed by atoms with Crippen LogP contribution >= 0.6 is 15.9 Å². The van der Waals surface area contributed by atoms with E-state index in [0.717, 1.165) is 62.3 Å². The summed E-state index contributed by atoms with van der Waals surface area (Å²) in [6.07, 6.45) is 2.38. The Morgan fingerprint density at radius 3 is 2.26 bits per heavy atom. The lowest BCUT2D eigenvalue weighted by molar-refractivity contribution is -0.143. The Balaban J connectivity index is 1.04. The number of likely N-dealkylation sites (tertiary alicyclic amines) is 2. The van der Waals surface area contributed by atoms with Crippen LogP contribution in [0.4, 0.5) is 15.3 Å². The highest BCUT2D eigenvalue weighted by Gasteiger charge is 2.36. The minimum Gasteiger partial charge on any atom is -0.507 e. The van der Waals surface area contributed by atoms with Crippen molar-refractivity contribution < 1.29 is 34.1 Å². The largest absolute Gasteiger partial charge is 0.507 e. The molecule has 50 heavy (non-hydrogen) atoms. The summed E-state index contributed by atoms with van der Waals surface area (Å²) < 4.78 is 6.50. The SMILES string of the molecule is O=C(O)CCN1CCN(C2CCN(C(=O)C(Cc3ccc(O)c(Br)c3)OC(=O)N3CCC(N4CCc5ccccc5NC4=O)CC3)CC2)CC1. The van der Waals surface area contributed by atoms with Crippen LogP contribution in [-0.4, -0.2) is 142 Å². The number of nitrogens with zero attached hydrogens (tertiary/aromatic N) is 5. The Hall–Kier alpha value is -3.88. The number of aliphatic carboxylic acids is 1. The van der Waals surface area contributed by atoms with E-state index in [1.165, 1.54) is 0 Å². The molecule has 3 N–H and O–H groups in total. The minimum absolute atomic E-state index is 0.00541. The standard InChI is InChI=1S/C36H47BrN6O7/c37-29-23-25(5-6-31(29)44)24-32(34(47)41-14-8-27(9-15-41)40-21-19-39(20-22-40)13-12-33(45)46)50-36(49)42-16-10-28(11-17-42)43-18-7-26-3-1-2-4-30(26)38-35(43)48/h1-6,23,27-28,32,44H,7-22,24H2,(H,38,48)(H,45,46). The number of anilines is 1. The minimum atomic E-state index is -1.03. The normalized spacial score (nSPS) is 20.5. The number of carbonyl (C=O) groups excluding carboxylic acids is 3. The summed E-state index contributed by atoms with van der Waals surface area (Å²) >= 11 is 3.35. The summed E-state index contributed by atoms with van der Waals surface area (Å²) in [7, 11) is 0. The van der Waals surface area contributed by atoms with Gasteiger partial charge in [-0.25, -0.2) is 9.59 Å². The monoisotopic (exact) mass is 754 g/mol. The molecule has 0 bridgehead atoms. The second-order valence-electron chi connectivity index (χ2n) is 13.7. The molecule has 0 spiro atoms. The molecule has 2 aromatic rings. The highest BCUT2D eigenvalue weighted by molar-refractivity contribution is 9.10. The summed E-state index contributed by atoms with van der Waals surface area (Å²) in [4.78, 5) is 61.5. The van der Waals surface area contributed by atoms with Crippen molar-refractivity contribution in [3.63, 3.8) is 0 Å². The third kappa shape index (κ3) is 8.88. The number of fused-ring (bicyclic) bond motifs is 1. The van der Waals surface area contributed by atoms with Gasteiger partial charge < -0.3 is 39.9 Å². The Kier molecular flexibility index (Phi) is 11.8. The predicted molar refractivity (Wildman–Crippen MR) is 190 cm³/mol. The van der Waals surface area contributed by atoms with E-state index >= 15 is 0 Å². The van der Waals surface area contributed by atoms with Crippen LogP contribution in [0.5, 0.6) is 5.75 Å². The second kappa shape index (κ2) is 16.4. The molecule has 4 heterocycles. The molecule has 13 nitrogen and oxygen atoms in total. The maximum absolute atomic E-state index is 14.0. The molecule has 1 atom stereocenters. The first-order valence-corrected chi connectivity index (χ1v) is 18.5. The molecule has 4 aliphatic heterocycles. The van der Waals surface area contributed by atoms with E-state index < -0.39 is 18.2 Å². The second-order valence-corrected chi connectivity index (χ2v) is 14.5. The lowest BCUT2D eigenvalue weighted by Gasteiger charge is -2.43. The number of carboxylic acids is 1. The first kappa shape index (κ1) is 35.9. The van der Waals surface area contributed by atoms with Gasteiger partial charge in [-0.3, -0.25) is 14.5 Å². The summed E-state index contributed by atoms with van der Waals surface area (Å²) in [5.74, 6) is -0.917. The maximum Gasteiger partial charge on any atom is 0.410 e. The molecule has 270 valence electrons. The van der Waals surface area contributed by atoms with E-state index in [0.29, 0.717) is 62.6 Å². The van der Waals surface area contributed by atoms with Gasteiger partial charge in [0.2, 0.25) is 0 Å². The Morgan fingerprint density at radius 2 is 1.56 bits per heavy atom. The number of ether oxygens (including phenoxy) is 1. The number of urea groups is 1. The maximum atomic E-state index is 14.0. The molecule has 6 rings (SSSR count). The molecule has 14 heteroatoms. The average molecular weight is 756 g/mol. The molecular weight excluding hydrogens is 708 g/mol. The zero-order valence-corrected chi connectivity index (χ0v) is 29.9. The van der Waals surface area contributed by atoms with Gasteiger partial charge in [0.25, 0.3) is 5.91 Å². The predicted octanol–water partition coefficient (Wildman–Crippen LogP) is 3.84. The number of phenolic OH excluding ortho intramolecular Hbond substituents is 1. The fourth-order valence-corrected chi connectivity index (χ4v) is 8.05. The first-order chi connectivity index (χ1) is 24.1. The highest BCUT2D eigenvalue weighted by Crippen LogP contribution is 2.28. The van der Waals surface area contributed by atoms with E-state index in [-0.39, 0.29) is 36.6 Å². The Labute approximate surface area is 301 Å². The van der Waals surface area contributed by atoms with Gasteiger partial charge in [0.05, 0.1) is 10.9 Å². The number of hydrogen-bond donors (Lipinski definition) is 3. The number of piperazine rings is 1. The smallest absolute Gasteiger partial charge is 0.410 e. The van der Waals surface area contributed by atoms with Crippen molar-refractivity contribution in [2.24, 2.45) is 0 Å². The van der Waals surface area contributed by atoms with E-state index in [1.807, 2.05) is 29.2 Å². The molecule has 4 aliphatic rings. The molecule has 0 saturated carbocycles. The molecule has 0 aromatic heterocycles. The molecule has 0 radical (unpaired) electrons. The number of carboxylic acid groups (broad SMARTS) is 1. The van der Waals surface area contributed by atoms with Crippen LogP contribution in [0.15, 0.2) is 46.9 Å². The van der Waals surface area contributed by atoms with Crippen molar-refractivity contribution >= 4 is 45.6 Å². The average Bonchev–Trinajstić information content (AvgIpc) is 3.30. The van der Waals surface area contributed by atoms with Crippen LogP contribution in [-0.2, 0) is 27.2 Å². The fraction of sp³-hybridized carbons (Fsp3) is 0.556. The summed E-state index contributed by atoms with van der Waals surface area (Å²) in [5, 5.41) is 22.1. The third-order valence-corrected chi connectivity index (χ3v) is 11.2. The van der Waals surface area contributed by atoms with Crippen molar-refractivity contribution in [2.45, 2.75) is 63.1 Å². The van der Waals surface area contributed by atoms with Crippen molar-refractivity contribution in [3.05, 3.63) is 58.1 Å². The molecule has 2 aromatic carbocycles. The fourth-order valence-electron chi connectivity index (χ4n) is 7.63. The van der Waals surface area contributed by atoms with Crippen molar-refractivity contribution in [1.82, 2.24) is 24.5 Å². The number of carbonyl (C=O) groups is 4. The van der Waals surface area contributed by atoms with Gasteiger partial charge in [-0.1, -0.05) is 24.3 Å². The molecule has 3 fully saturated rings. The quantitative estimate of drug-likeness (QED) is 0.348. The molecule has 4 amide bonds. The summed E-state index contributed by atoms with van der Waals surface area (Å²) in [6.45, 7) is 6.55. The van der Waals surface area contributed by atoms with Crippen LogP contribution in [0.25, 0.3) is 0 Å². The van der Waals surface area contributed by atoms with Gasteiger partial charge >= 0.3 is 18.1 Å². The summed E-state index contributed by atoms with van der Waals surface area (Å²) in [6, 6.07) is 13.1. The Morgan fingerprint density at radius 1 is 0.880 bits per heavy atom. The third-order valence-electron chi connectivity index (χ3n) is 10.6. The van der Waals surface area contributed by atoms with Gasteiger partial charge in [0, 0.05) is 89.6 Å². The number of nitrogens with one attached hydrogen (secondary N) is 1. The lowest BCUT2D eigenvalue weighted by Crippen LogP contribution is -2.55. The topological polar surface area (TPSA) is 146 Å². The number of piperidine rings is 2. The van der Waals surface area contributed by atoms with Gasteiger partial charge in [-0.15, -0.1) is 0 Å². The highest BCUT2D eigenvalue weighted by atomic mass is 79.9. The van der Waals surface area contributed by atoms with Crippen LogP contribution in [0, 0.1) is 0 Å². The number of aromatic hydroxyl groups is 1. The molecule has 0 aliphatic carbocycles. The molecule has 3 saturated heterocycles. The van der Waals surface area contributed by atoms with E-state index in [4.69, 9.17) is 9.84 Å². The number of amides is 4. The van der Waals surface area contributed by atoms with Gasteiger partial charge in [-0.2, -0.15) is 0 Å². The van der Waals surface area contributed by atoms with E-state index in [9.17, 15) is 24.3 Å².